The predicted octanol–water partition coefficient (Wildman–Crippen LogP) is 2.23. The second-order valence-corrected chi connectivity index (χ2v) is 5.06. The number of rotatable bonds is 2. The van der Waals surface area contributed by atoms with Crippen molar-refractivity contribution in [3.05, 3.63) is 42.0 Å². The van der Waals surface area contributed by atoms with E-state index in [1.807, 2.05) is 24.3 Å². The van der Waals surface area contributed by atoms with Crippen LogP contribution in [0.5, 0.6) is 0 Å². The van der Waals surface area contributed by atoms with Crippen molar-refractivity contribution in [2.45, 2.75) is 24.7 Å². The minimum absolute atomic E-state index is 0.0894. The number of fused-ring (bicyclic) bond motifs is 2. The lowest BCUT2D eigenvalue weighted by Crippen LogP contribution is -2.42. The maximum absolute atomic E-state index is 12.5. The van der Waals surface area contributed by atoms with E-state index in [9.17, 15) is 9.90 Å². The molecular formula is C15H17NO2. The van der Waals surface area contributed by atoms with Crippen molar-refractivity contribution in [3.8, 4) is 0 Å². The highest BCUT2D eigenvalue weighted by Gasteiger charge is 2.51. The Morgan fingerprint density at radius 2 is 2.22 bits per heavy atom. The van der Waals surface area contributed by atoms with Gasteiger partial charge in [-0.1, -0.05) is 30.4 Å². The molecule has 3 heteroatoms. The molecule has 1 aliphatic carbocycles. The molecule has 0 fully saturated rings. The maximum atomic E-state index is 12.5. The highest BCUT2D eigenvalue weighted by molar-refractivity contribution is 6.06. The van der Waals surface area contributed by atoms with Crippen LogP contribution in [0.2, 0.25) is 0 Å². The van der Waals surface area contributed by atoms with Gasteiger partial charge in [0, 0.05) is 12.3 Å². The average molecular weight is 243 g/mol. The lowest BCUT2D eigenvalue weighted by atomic mass is 9.64. The van der Waals surface area contributed by atoms with Crippen LogP contribution in [-0.2, 0) is 10.2 Å². The van der Waals surface area contributed by atoms with Crippen LogP contribution < -0.4 is 5.32 Å². The molecule has 1 heterocycles. The number of benzene rings is 1. The standard InChI is InChI=1S/C15H17NO2/c17-10-8-11-5-3-4-9-15(11)12-6-1-2-7-13(12)16-14(15)18/h1-3,5-7,11,17H,4,8-10H2,(H,16,18)/t11-,15-/m0/s1. The number of carbonyl (C=O) groups excluding carboxylic acids is 1. The molecule has 1 aliphatic heterocycles. The van der Waals surface area contributed by atoms with E-state index in [2.05, 4.69) is 17.5 Å². The first-order chi connectivity index (χ1) is 8.79. The number of aliphatic hydroxyl groups excluding tert-OH is 1. The number of amides is 1. The summed E-state index contributed by atoms with van der Waals surface area (Å²) in [5.41, 5.74) is 1.56. The third kappa shape index (κ3) is 1.44. The Labute approximate surface area is 107 Å². The van der Waals surface area contributed by atoms with Crippen molar-refractivity contribution in [1.82, 2.24) is 0 Å². The number of nitrogens with one attached hydrogen (secondary N) is 1. The Bertz CT molecular complexity index is 509. The molecule has 3 rings (SSSR count). The summed E-state index contributed by atoms with van der Waals surface area (Å²) < 4.78 is 0. The van der Waals surface area contributed by atoms with E-state index in [0.29, 0.717) is 6.42 Å². The first kappa shape index (κ1) is 11.5. The summed E-state index contributed by atoms with van der Waals surface area (Å²) in [6.45, 7) is 0.117. The van der Waals surface area contributed by atoms with Crippen molar-refractivity contribution in [2.24, 2.45) is 5.92 Å². The van der Waals surface area contributed by atoms with Crippen molar-refractivity contribution in [3.63, 3.8) is 0 Å². The molecule has 0 saturated heterocycles. The molecule has 1 aromatic carbocycles. The molecule has 0 radical (unpaired) electrons. The van der Waals surface area contributed by atoms with Gasteiger partial charge in [0.05, 0.1) is 5.41 Å². The molecule has 0 unspecified atom stereocenters. The molecule has 1 spiro atoms. The van der Waals surface area contributed by atoms with Crippen molar-refractivity contribution < 1.29 is 9.90 Å². The molecule has 0 bridgehead atoms. The topological polar surface area (TPSA) is 49.3 Å². The largest absolute Gasteiger partial charge is 0.396 e. The summed E-state index contributed by atoms with van der Waals surface area (Å²) in [6.07, 6.45) is 6.61. The van der Waals surface area contributed by atoms with E-state index in [0.717, 1.165) is 24.1 Å². The average Bonchev–Trinajstić information content (AvgIpc) is 2.67. The van der Waals surface area contributed by atoms with Gasteiger partial charge >= 0.3 is 0 Å². The van der Waals surface area contributed by atoms with Gasteiger partial charge in [-0.25, -0.2) is 0 Å². The van der Waals surface area contributed by atoms with Gasteiger partial charge in [-0.15, -0.1) is 0 Å². The smallest absolute Gasteiger partial charge is 0.235 e. The summed E-state index contributed by atoms with van der Waals surface area (Å²) in [5.74, 6) is 0.186. The van der Waals surface area contributed by atoms with Gasteiger partial charge in [-0.3, -0.25) is 4.79 Å². The quantitative estimate of drug-likeness (QED) is 0.782. The van der Waals surface area contributed by atoms with Crippen LogP contribution >= 0.6 is 0 Å². The van der Waals surface area contributed by atoms with E-state index >= 15 is 0 Å². The molecule has 2 aliphatic rings. The number of para-hydroxylation sites is 1. The number of allylic oxidation sites excluding steroid dienone is 2. The maximum Gasteiger partial charge on any atom is 0.235 e. The number of hydrogen-bond donors (Lipinski definition) is 2. The SMILES string of the molecule is O=C1Nc2ccccc2[C@@]12CCC=C[C@H]2CCO. The summed E-state index contributed by atoms with van der Waals surface area (Å²) in [7, 11) is 0. The van der Waals surface area contributed by atoms with Crippen LogP contribution in [0.25, 0.3) is 0 Å². The van der Waals surface area contributed by atoms with Gasteiger partial charge in [-0.2, -0.15) is 0 Å². The molecular weight excluding hydrogens is 226 g/mol. The first-order valence-corrected chi connectivity index (χ1v) is 6.47. The van der Waals surface area contributed by atoms with Gasteiger partial charge in [0.15, 0.2) is 0 Å². The molecule has 1 aromatic rings. The molecule has 2 N–H and O–H groups in total. The third-order valence-electron chi connectivity index (χ3n) is 4.21. The molecule has 3 nitrogen and oxygen atoms in total. The van der Waals surface area contributed by atoms with Gasteiger partial charge in [-0.05, 0) is 36.8 Å². The van der Waals surface area contributed by atoms with Crippen molar-refractivity contribution in [1.29, 1.82) is 0 Å². The predicted molar refractivity (Wildman–Crippen MR) is 70.3 cm³/mol. The van der Waals surface area contributed by atoms with Gasteiger partial charge in [0.2, 0.25) is 5.91 Å². The van der Waals surface area contributed by atoms with E-state index in [1.54, 1.807) is 0 Å². The summed E-state index contributed by atoms with van der Waals surface area (Å²) in [6, 6.07) is 7.92. The van der Waals surface area contributed by atoms with Crippen LogP contribution in [0.1, 0.15) is 24.8 Å². The zero-order chi connectivity index (χ0) is 12.6. The Balaban J connectivity index is 2.12. The molecule has 18 heavy (non-hydrogen) atoms. The highest BCUT2D eigenvalue weighted by atomic mass is 16.3. The lowest BCUT2D eigenvalue weighted by Gasteiger charge is -2.36. The Morgan fingerprint density at radius 3 is 3.06 bits per heavy atom. The third-order valence-corrected chi connectivity index (χ3v) is 4.21. The fraction of sp³-hybridized carbons (Fsp3) is 0.400. The van der Waals surface area contributed by atoms with Gasteiger partial charge in [0.25, 0.3) is 0 Å². The van der Waals surface area contributed by atoms with Crippen molar-refractivity contribution >= 4 is 11.6 Å². The second kappa shape index (κ2) is 4.25. The number of hydrogen-bond acceptors (Lipinski definition) is 2. The number of aliphatic hydroxyl groups is 1. The second-order valence-electron chi connectivity index (χ2n) is 5.06. The van der Waals surface area contributed by atoms with Crippen LogP contribution in [0, 0.1) is 5.92 Å². The zero-order valence-corrected chi connectivity index (χ0v) is 10.2. The monoisotopic (exact) mass is 243 g/mol. The molecule has 0 aromatic heterocycles. The fourth-order valence-electron chi connectivity index (χ4n) is 3.36. The van der Waals surface area contributed by atoms with Crippen LogP contribution in [0.3, 0.4) is 0 Å². The number of carbonyl (C=O) groups is 1. The van der Waals surface area contributed by atoms with Crippen LogP contribution in [0.4, 0.5) is 5.69 Å². The molecule has 2 atom stereocenters. The van der Waals surface area contributed by atoms with Crippen LogP contribution in [0.15, 0.2) is 36.4 Å². The van der Waals surface area contributed by atoms with E-state index in [4.69, 9.17) is 0 Å². The van der Waals surface area contributed by atoms with Crippen molar-refractivity contribution in [2.75, 3.05) is 11.9 Å². The fourth-order valence-corrected chi connectivity index (χ4v) is 3.36. The summed E-state index contributed by atoms with van der Waals surface area (Å²) >= 11 is 0. The van der Waals surface area contributed by atoms with Gasteiger partial charge in [0.1, 0.15) is 0 Å². The summed E-state index contributed by atoms with van der Waals surface area (Å²) in [5, 5.41) is 12.2. The van der Waals surface area contributed by atoms with E-state index in [1.165, 1.54) is 0 Å². The van der Waals surface area contributed by atoms with Crippen LogP contribution in [-0.4, -0.2) is 17.6 Å². The van der Waals surface area contributed by atoms with E-state index < -0.39 is 5.41 Å². The summed E-state index contributed by atoms with van der Waals surface area (Å²) in [4.78, 5) is 12.5. The molecule has 0 saturated carbocycles. The lowest BCUT2D eigenvalue weighted by molar-refractivity contribution is -0.122. The number of anilines is 1. The molecule has 1 amide bonds. The highest BCUT2D eigenvalue weighted by Crippen LogP contribution is 2.49. The minimum atomic E-state index is -0.464. The Kier molecular flexibility index (Phi) is 2.71. The Hall–Kier alpha value is -1.61. The Morgan fingerprint density at radius 1 is 1.39 bits per heavy atom. The van der Waals surface area contributed by atoms with E-state index in [-0.39, 0.29) is 18.4 Å². The normalized spacial score (nSPS) is 29.4. The molecule has 94 valence electrons. The van der Waals surface area contributed by atoms with Gasteiger partial charge < -0.3 is 10.4 Å². The first-order valence-electron chi connectivity index (χ1n) is 6.47. The zero-order valence-electron chi connectivity index (χ0n) is 10.2. The minimum Gasteiger partial charge on any atom is -0.396 e.